The molecule has 0 fully saturated rings. The van der Waals surface area contributed by atoms with E-state index in [0.717, 1.165) is 70.6 Å². The van der Waals surface area contributed by atoms with Gasteiger partial charge in [0.05, 0.1) is 40.3 Å². The summed E-state index contributed by atoms with van der Waals surface area (Å²) in [4.78, 5) is 36.8. The number of nitrogens with zero attached hydrogens (tertiary/aromatic N) is 1. The molecular weight excluding hydrogens is 875 g/mol. The summed E-state index contributed by atoms with van der Waals surface area (Å²) in [7, 11) is 5.91. The van der Waals surface area contributed by atoms with E-state index in [1.54, 1.807) is 0 Å². The molecule has 0 bridgehead atoms. The maximum absolute atomic E-state index is 12.8. The van der Waals surface area contributed by atoms with Crippen LogP contribution in [0.3, 0.4) is 0 Å². The van der Waals surface area contributed by atoms with Crippen molar-refractivity contribution in [1.29, 1.82) is 0 Å². The molecular formula is C61H109NO8. The van der Waals surface area contributed by atoms with E-state index in [1.807, 2.05) is 21.1 Å². The van der Waals surface area contributed by atoms with Gasteiger partial charge >= 0.3 is 11.9 Å². The van der Waals surface area contributed by atoms with Crippen molar-refractivity contribution in [2.75, 3.05) is 47.5 Å². The second-order valence-electron chi connectivity index (χ2n) is 20.6. The molecule has 9 heteroatoms. The van der Waals surface area contributed by atoms with Gasteiger partial charge < -0.3 is 33.3 Å². The smallest absolute Gasteiger partial charge is 0.306 e. The highest BCUT2D eigenvalue weighted by Gasteiger charge is 2.22. The van der Waals surface area contributed by atoms with Gasteiger partial charge in [0, 0.05) is 12.8 Å². The van der Waals surface area contributed by atoms with Crippen LogP contribution < -0.4 is 5.11 Å². The van der Waals surface area contributed by atoms with E-state index < -0.39 is 24.3 Å². The third-order valence-corrected chi connectivity index (χ3v) is 12.5. The highest BCUT2D eigenvalue weighted by molar-refractivity contribution is 5.70. The Balaban J connectivity index is 3.83. The zero-order valence-electron chi connectivity index (χ0n) is 46.1. The summed E-state index contributed by atoms with van der Waals surface area (Å²) >= 11 is 0. The van der Waals surface area contributed by atoms with Crippen LogP contribution in [0.15, 0.2) is 60.8 Å². The van der Waals surface area contributed by atoms with Crippen molar-refractivity contribution in [3.8, 4) is 0 Å². The van der Waals surface area contributed by atoms with Crippen LogP contribution in [0.5, 0.6) is 0 Å². The van der Waals surface area contributed by atoms with Gasteiger partial charge in [0.25, 0.3) is 0 Å². The Hall–Kier alpha value is -3.01. The van der Waals surface area contributed by atoms with Gasteiger partial charge in [0.2, 0.25) is 0 Å². The SMILES string of the molecule is CC/C=C\C/C=C\C/C=C\C/C=C\C/C=C\CCCCCCCCCCCCCCCCCCCCCCCCCC(=O)OC(COC(=O)CCCCCCCC)COC(OCC[N+](C)(C)C)C(=O)[O-]. The molecule has 0 amide bonds. The Morgan fingerprint density at radius 3 is 1.21 bits per heavy atom. The van der Waals surface area contributed by atoms with Crippen LogP contribution in [0.25, 0.3) is 0 Å². The molecule has 0 rings (SSSR count). The minimum atomic E-state index is -1.62. The topological polar surface area (TPSA) is 111 Å². The Kier molecular flexibility index (Phi) is 50.1. The van der Waals surface area contributed by atoms with Gasteiger partial charge in [-0.3, -0.25) is 9.59 Å². The van der Waals surface area contributed by atoms with Crippen molar-refractivity contribution in [1.82, 2.24) is 0 Å². The molecule has 406 valence electrons. The molecule has 2 unspecified atom stereocenters. The molecule has 9 nitrogen and oxygen atoms in total. The van der Waals surface area contributed by atoms with E-state index in [4.69, 9.17) is 18.9 Å². The molecule has 0 saturated heterocycles. The van der Waals surface area contributed by atoms with Gasteiger partial charge in [-0.25, -0.2) is 0 Å². The van der Waals surface area contributed by atoms with Crippen molar-refractivity contribution >= 4 is 17.9 Å². The van der Waals surface area contributed by atoms with Crippen LogP contribution in [-0.2, 0) is 33.3 Å². The number of rotatable bonds is 53. The maximum Gasteiger partial charge on any atom is 0.306 e. The van der Waals surface area contributed by atoms with Crippen molar-refractivity contribution in [3.63, 3.8) is 0 Å². The van der Waals surface area contributed by atoms with Crippen molar-refractivity contribution < 1.29 is 42.9 Å². The second kappa shape index (κ2) is 52.3. The van der Waals surface area contributed by atoms with Gasteiger partial charge in [0.1, 0.15) is 13.2 Å². The summed E-state index contributed by atoms with van der Waals surface area (Å²) in [5.41, 5.74) is 0. The number of hydrogen-bond donors (Lipinski definition) is 0. The number of quaternary nitrogens is 1. The first kappa shape index (κ1) is 67.0. The zero-order chi connectivity index (χ0) is 51.3. The van der Waals surface area contributed by atoms with Crippen LogP contribution >= 0.6 is 0 Å². The summed E-state index contributed by atoms with van der Waals surface area (Å²) in [5.74, 6) is -2.28. The van der Waals surface area contributed by atoms with E-state index in [1.165, 1.54) is 148 Å². The van der Waals surface area contributed by atoms with E-state index in [9.17, 15) is 19.5 Å². The molecule has 0 heterocycles. The van der Waals surface area contributed by atoms with Crippen LogP contribution in [0.4, 0.5) is 0 Å². The monoisotopic (exact) mass is 984 g/mol. The molecule has 0 aromatic heterocycles. The van der Waals surface area contributed by atoms with Crippen LogP contribution in [0, 0.1) is 0 Å². The van der Waals surface area contributed by atoms with E-state index in [-0.39, 0.29) is 32.2 Å². The lowest BCUT2D eigenvalue weighted by atomic mass is 10.0. The molecule has 0 saturated carbocycles. The molecule has 0 aliphatic rings. The van der Waals surface area contributed by atoms with E-state index in [0.29, 0.717) is 23.9 Å². The molecule has 0 spiro atoms. The number of carbonyl (C=O) groups excluding carboxylic acids is 3. The minimum Gasteiger partial charge on any atom is -0.545 e. The first-order chi connectivity index (χ1) is 34.1. The second-order valence-corrected chi connectivity index (χ2v) is 20.6. The summed E-state index contributed by atoms with van der Waals surface area (Å²) in [6, 6.07) is 0. The van der Waals surface area contributed by atoms with Crippen LogP contribution in [0.1, 0.15) is 251 Å². The summed E-state index contributed by atoms with van der Waals surface area (Å²) in [5, 5.41) is 11.7. The molecule has 0 aromatic rings. The number of unbranched alkanes of at least 4 members (excludes halogenated alkanes) is 28. The fraction of sp³-hybridized carbons (Fsp3) is 0.787. The summed E-state index contributed by atoms with van der Waals surface area (Å²) in [6.07, 6.45) is 63.4. The number of aliphatic carboxylic acids is 1. The molecule has 0 aromatic carbocycles. The Labute approximate surface area is 431 Å². The highest BCUT2D eigenvalue weighted by atomic mass is 16.7. The number of allylic oxidation sites excluding steroid dienone is 10. The number of ether oxygens (including phenoxy) is 4. The number of likely N-dealkylation sites (N-methyl/N-ethyl adjacent to an activating group) is 1. The largest absolute Gasteiger partial charge is 0.545 e. The molecule has 2 atom stereocenters. The fourth-order valence-corrected chi connectivity index (χ4v) is 8.09. The van der Waals surface area contributed by atoms with Crippen molar-refractivity contribution in [2.45, 2.75) is 264 Å². The fourth-order valence-electron chi connectivity index (χ4n) is 8.09. The van der Waals surface area contributed by atoms with E-state index in [2.05, 4.69) is 74.6 Å². The van der Waals surface area contributed by atoms with E-state index >= 15 is 0 Å². The number of carbonyl (C=O) groups is 3. The maximum atomic E-state index is 12.8. The highest BCUT2D eigenvalue weighted by Crippen LogP contribution is 2.17. The lowest BCUT2D eigenvalue weighted by Crippen LogP contribution is -2.44. The Bertz CT molecular complexity index is 1330. The molecule has 0 radical (unpaired) electrons. The Morgan fingerprint density at radius 2 is 0.814 bits per heavy atom. The molecule has 0 aliphatic carbocycles. The summed E-state index contributed by atoms with van der Waals surface area (Å²) < 4.78 is 22.5. The predicted molar refractivity (Wildman–Crippen MR) is 292 cm³/mol. The predicted octanol–water partition coefficient (Wildman–Crippen LogP) is 15.5. The lowest BCUT2D eigenvalue weighted by molar-refractivity contribution is -0.870. The van der Waals surface area contributed by atoms with Crippen LogP contribution in [0.2, 0.25) is 0 Å². The third kappa shape index (κ3) is 52.8. The lowest BCUT2D eigenvalue weighted by Gasteiger charge is -2.26. The number of esters is 2. The quantitative estimate of drug-likeness (QED) is 0.0195. The van der Waals surface area contributed by atoms with Gasteiger partial charge in [-0.15, -0.1) is 0 Å². The summed E-state index contributed by atoms with van der Waals surface area (Å²) in [6.45, 7) is 4.57. The minimum absolute atomic E-state index is 0.149. The molecule has 0 N–H and O–H groups in total. The van der Waals surface area contributed by atoms with Crippen molar-refractivity contribution in [2.24, 2.45) is 0 Å². The third-order valence-electron chi connectivity index (χ3n) is 12.5. The molecule has 0 aliphatic heterocycles. The Morgan fingerprint density at radius 1 is 0.443 bits per heavy atom. The number of hydrogen-bond acceptors (Lipinski definition) is 8. The van der Waals surface area contributed by atoms with Gasteiger partial charge in [0.15, 0.2) is 12.4 Å². The zero-order valence-corrected chi connectivity index (χ0v) is 46.1. The van der Waals surface area contributed by atoms with Crippen molar-refractivity contribution in [3.05, 3.63) is 60.8 Å². The van der Waals surface area contributed by atoms with Gasteiger partial charge in [-0.05, 0) is 57.8 Å². The number of carboxylic acid groups (broad SMARTS) is 1. The number of carboxylic acids is 1. The first-order valence-electron chi connectivity index (χ1n) is 28.9. The average molecular weight is 985 g/mol. The molecule has 70 heavy (non-hydrogen) atoms. The standard InChI is InChI=1S/C61H109NO8/c1-6-8-10-12-14-15-16-17-18-19-20-21-22-23-24-25-26-27-28-29-30-31-32-33-34-35-36-37-38-39-40-41-42-43-44-45-46-48-50-52-59(64)70-57(55-68-58(63)51-49-47-13-11-9-7-2)56-69-61(60(65)66)67-54-53-62(3,4)5/h8,10,14-15,17-18,20-21,23-24,57,61H,6-7,9,11-13,16,19,22,25-56H2,1-5H3/b10-8-,15-14-,18-17-,21-20-,24-23-. The van der Waals surface area contributed by atoms with Gasteiger partial charge in [-0.1, -0.05) is 242 Å². The first-order valence-corrected chi connectivity index (χ1v) is 28.9. The van der Waals surface area contributed by atoms with Gasteiger partial charge in [-0.2, -0.15) is 0 Å². The normalized spacial score (nSPS) is 13.2. The average Bonchev–Trinajstić information content (AvgIpc) is 3.33. The van der Waals surface area contributed by atoms with Crippen LogP contribution in [-0.4, -0.2) is 82.3 Å².